The first kappa shape index (κ1) is 15.1. The van der Waals surface area contributed by atoms with E-state index in [4.69, 9.17) is 9.47 Å². The van der Waals surface area contributed by atoms with Gasteiger partial charge in [-0.1, -0.05) is 25.5 Å². The molecule has 2 nitrogen and oxygen atoms in total. The molecule has 4 rings (SSSR count). The van der Waals surface area contributed by atoms with Gasteiger partial charge in [0.2, 0.25) is 0 Å². The second kappa shape index (κ2) is 5.03. The first-order chi connectivity index (χ1) is 11.1. The monoisotopic (exact) mass is 312 g/mol. The molecule has 23 heavy (non-hydrogen) atoms. The second-order valence-corrected chi connectivity index (χ2v) is 7.88. The molecular weight excluding hydrogens is 284 g/mol. The van der Waals surface area contributed by atoms with E-state index in [0.717, 1.165) is 23.8 Å². The quantitative estimate of drug-likeness (QED) is 0.712. The zero-order valence-electron chi connectivity index (χ0n) is 14.9. The summed E-state index contributed by atoms with van der Waals surface area (Å²) >= 11 is 0. The van der Waals surface area contributed by atoms with E-state index in [0.29, 0.717) is 0 Å². The molecule has 0 heterocycles. The molecule has 0 aliphatic heterocycles. The van der Waals surface area contributed by atoms with Crippen molar-refractivity contribution in [3.63, 3.8) is 0 Å². The number of ether oxygens (including phenoxy) is 2. The van der Waals surface area contributed by atoms with Crippen LogP contribution in [-0.2, 0) is 11.8 Å². The zero-order valence-corrected chi connectivity index (χ0v) is 14.9. The highest BCUT2D eigenvalue weighted by molar-refractivity contribution is 5.62. The van der Waals surface area contributed by atoms with Crippen molar-refractivity contribution in [2.45, 2.75) is 57.8 Å². The van der Waals surface area contributed by atoms with Crippen molar-refractivity contribution in [2.75, 3.05) is 14.2 Å². The number of allylic oxidation sites excluding steroid dienone is 2. The van der Waals surface area contributed by atoms with Crippen LogP contribution in [-0.4, -0.2) is 14.2 Å². The maximum Gasteiger partial charge on any atom is 0.123 e. The number of rotatable bonds is 2. The third kappa shape index (κ3) is 1.70. The van der Waals surface area contributed by atoms with Gasteiger partial charge < -0.3 is 9.47 Å². The van der Waals surface area contributed by atoms with E-state index < -0.39 is 0 Å². The first-order valence-corrected chi connectivity index (χ1v) is 9.02. The van der Waals surface area contributed by atoms with Gasteiger partial charge in [0.25, 0.3) is 0 Å². The fourth-order valence-electron chi connectivity index (χ4n) is 5.93. The van der Waals surface area contributed by atoms with Crippen LogP contribution in [0.25, 0.3) is 0 Å². The number of fused-ring (bicyclic) bond motifs is 1. The van der Waals surface area contributed by atoms with E-state index in [-0.39, 0.29) is 10.8 Å². The van der Waals surface area contributed by atoms with Gasteiger partial charge in [-0.25, -0.2) is 0 Å². The van der Waals surface area contributed by atoms with Gasteiger partial charge in [-0.15, -0.1) is 0 Å². The summed E-state index contributed by atoms with van der Waals surface area (Å²) in [5.41, 5.74) is 4.96. The Bertz CT molecular complexity index is 675. The first-order valence-electron chi connectivity index (χ1n) is 9.02. The van der Waals surface area contributed by atoms with Gasteiger partial charge in [0.15, 0.2) is 0 Å². The number of methoxy groups -OCH3 is 2. The predicted octanol–water partition coefficient (Wildman–Crippen LogP) is 5.04. The van der Waals surface area contributed by atoms with Crippen LogP contribution in [0, 0.1) is 11.3 Å². The Morgan fingerprint density at radius 2 is 1.87 bits per heavy atom. The smallest absolute Gasteiger partial charge is 0.123 e. The maximum atomic E-state index is 5.85. The Labute approximate surface area is 139 Å². The van der Waals surface area contributed by atoms with Gasteiger partial charge in [-0.2, -0.15) is 0 Å². The second-order valence-electron chi connectivity index (χ2n) is 7.88. The van der Waals surface area contributed by atoms with Gasteiger partial charge in [0.1, 0.15) is 11.5 Å². The maximum absolute atomic E-state index is 5.85. The van der Waals surface area contributed by atoms with Crippen molar-refractivity contribution in [2.24, 2.45) is 11.3 Å². The minimum absolute atomic E-state index is 0.165. The van der Waals surface area contributed by atoms with Crippen molar-refractivity contribution in [1.29, 1.82) is 0 Å². The minimum Gasteiger partial charge on any atom is -0.496 e. The van der Waals surface area contributed by atoms with Crippen LogP contribution >= 0.6 is 0 Å². The molecule has 0 amide bonds. The van der Waals surface area contributed by atoms with Gasteiger partial charge in [0.05, 0.1) is 14.2 Å². The Balaban J connectivity index is 2.05. The molecule has 1 spiro atoms. The fourth-order valence-corrected chi connectivity index (χ4v) is 5.93. The highest BCUT2D eigenvalue weighted by Gasteiger charge is 2.62. The van der Waals surface area contributed by atoms with Crippen molar-refractivity contribution in [1.82, 2.24) is 0 Å². The van der Waals surface area contributed by atoms with E-state index in [1.165, 1.54) is 43.2 Å². The van der Waals surface area contributed by atoms with Crippen molar-refractivity contribution < 1.29 is 9.47 Å². The molecule has 3 aliphatic rings. The molecule has 2 heteroatoms. The SMILES string of the molecule is COc1ccc(OC)c2c1CC1(C)C(C)CCC3=CCCCC321. The Morgan fingerprint density at radius 3 is 2.61 bits per heavy atom. The molecule has 0 aromatic heterocycles. The van der Waals surface area contributed by atoms with Crippen molar-refractivity contribution in [3.8, 4) is 11.5 Å². The lowest BCUT2D eigenvalue weighted by Gasteiger charge is -2.55. The van der Waals surface area contributed by atoms with Gasteiger partial charge >= 0.3 is 0 Å². The third-order valence-corrected chi connectivity index (χ3v) is 7.25. The lowest BCUT2D eigenvalue weighted by atomic mass is 9.48. The molecule has 3 aliphatic carbocycles. The predicted molar refractivity (Wildman–Crippen MR) is 93.4 cm³/mol. The van der Waals surface area contributed by atoms with E-state index in [1.807, 2.05) is 7.11 Å². The van der Waals surface area contributed by atoms with E-state index in [9.17, 15) is 0 Å². The molecule has 1 saturated carbocycles. The topological polar surface area (TPSA) is 18.5 Å². The van der Waals surface area contributed by atoms with Gasteiger partial charge in [0, 0.05) is 16.5 Å². The summed E-state index contributed by atoms with van der Waals surface area (Å²) in [6.45, 7) is 4.98. The highest BCUT2D eigenvalue weighted by atomic mass is 16.5. The molecule has 0 bridgehead atoms. The standard InChI is InChI=1S/C21H28O2/c1-14-8-9-15-7-5-6-12-21(15)19-16(13-20(14,21)2)17(22-3)10-11-18(19)23-4/h7,10-11,14H,5-6,8-9,12-13H2,1-4H3. The number of hydrogen-bond acceptors (Lipinski definition) is 2. The summed E-state index contributed by atoms with van der Waals surface area (Å²) < 4.78 is 11.6. The summed E-state index contributed by atoms with van der Waals surface area (Å²) in [6, 6.07) is 4.20. The third-order valence-electron chi connectivity index (χ3n) is 7.25. The lowest BCUT2D eigenvalue weighted by molar-refractivity contribution is 0.0620. The van der Waals surface area contributed by atoms with Gasteiger partial charge in [-0.3, -0.25) is 0 Å². The molecule has 0 N–H and O–H groups in total. The summed E-state index contributed by atoms with van der Waals surface area (Å²) in [6.07, 6.45) is 9.99. The molecule has 124 valence electrons. The molecular formula is C21H28O2. The normalized spacial score (nSPS) is 35.0. The van der Waals surface area contributed by atoms with E-state index >= 15 is 0 Å². The summed E-state index contributed by atoms with van der Waals surface area (Å²) in [7, 11) is 3.61. The van der Waals surface area contributed by atoms with Crippen LogP contribution in [0.3, 0.4) is 0 Å². The summed E-state index contributed by atoms with van der Waals surface area (Å²) in [5, 5.41) is 0. The number of hydrogen-bond donors (Lipinski definition) is 0. The minimum atomic E-state index is 0.165. The molecule has 0 radical (unpaired) electrons. The van der Waals surface area contributed by atoms with E-state index in [1.54, 1.807) is 12.7 Å². The Hall–Kier alpha value is -1.44. The Morgan fingerprint density at radius 1 is 1.13 bits per heavy atom. The van der Waals surface area contributed by atoms with Crippen molar-refractivity contribution in [3.05, 3.63) is 34.9 Å². The molecule has 3 unspecified atom stereocenters. The lowest BCUT2D eigenvalue weighted by Crippen LogP contribution is -2.50. The van der Waals surface area contributed by atoms with Crippen LogP contribution in [0.1, 0.15) is 57.1 Å². The van der Waals surface area contributed by atoms with Crippen LogP contribution in [0.15, 0.2) is 23.8 Å². The molecule has 1 aromatic rings. The average Bonchev–Trinajstić information content (AvgIpc) is 2.85. The van der Waals surface area contributed by atoms with Crippen LogP contribution < -0.4 is 9.47 Å². The summed E-state index contributed by atoms with van der Waals surface area (Å²) in [4.78, 5) is 0. The van der Waals surface area contributed by atoms with Crippen LogP contribution in [0.2, 0.25) is 0 Å². The molecule has 3 atom stereocenters. The summed E-state index contributed by atoms with van der Waals surface area (Å²) in [5.74, 6) is 2.83. The Kier molecular flexibility index (Phi) is 3.30. The highest BCUT2D eigenvalue weighted by Crippen LogP contribution is 2.69. The number of benzene rings is 1. The van der Waals surface area contributed by atoms with Crippen LogP contribution in [0.5, 0.6) is 11.5 Å². The molecule has 1 fully saturated rings. The molecule has 1 aromatic carbocycles. The molecule has 0 saturated heterocycles. The fraction of sp³-hybridized carbons (Fsp3) is 0.619. The van der Waals surface area contributed by atoms with E-state index in [2.05, 4.69) is 32.1 Å². The van der Waals surface area contributed by atoms with Crippen LogP contribution in [0.4, 0.5) is 0 Å². The average molecular weight is 312 g/mol. The largest absolute Gasteiger partial charge is 0.496 e. The zero-order chi connectivity index (χ0) is 16.2. The van der Waals surface area contributed by atoms with Gasteiger partial charge in [-0.05, 0) is 62.0 Å². The van der Waals surface area contributed by atoms with Crippen molar-refractivity contribution >= 4 is 0 Å².